The van der Waals surface area contributed by atoms with E-state index in [2.05, 4.69) is 9.88 Å². The van der Waals surface area contributed by atoms with Crippen molar-refractivity contribution in [1.29, 1.82) is 0 Å². The molecule has 1 saturated heterocycles. The number of carbonyl (C=O) groups is 1. The lowest BCUT2D eigenvalue weighted by Gasteiger charge is -2.37. The van der Waals surface area contributed by atoms with Crippen molar-refractivity contribution in [3.8, 4) is 5.75 Å². The largest absolute Gasteiger partial charge is 0.497 e. The highest BCUT2D eigenvalue weighted by Crippen LogP contribution is 2.37. The fourth-order valence-electron chi connectivity index (χ4n) is 4.52. The quantitative estimate of drug-likeness (QED) is 0.583. The minimum atomic E-state index is -0.637. The molecular formula is C25H31N3O4. The van der Waals surface area contributed by atoms with Gasteiger partial charge in [-0.2, -0.15) is 0 Å². The normalized spacial score (nSPS) is 16.6. The molecule has 1 amide bonds. The van der Waals surface area contributed by atoms with Crippen LogP contribution in [0.1, 0.15) is 37.2 Å². The van der Waals surface area contributed by atoms with Crippen LogP contribution in [0.15, 0.2) is 48.5 Å². The minimum absolute atomic E-state index is 0.00353. The van der Waals surface area contributed by atoms with Crippen LogP contribution in [0.5, 0.6) is 5.75 Å². The number of fused-ring (bicyclic) bond motifs is 1. The van der Waals surface area contributed by atoms with Gasteiger partial charge in [0.25, 0.3) is 0 Å². The van der Waals surface area contributed by atoms with E-state index in [1.807, 2.05) is 55.5 Å². The molecule has 170 valence electrons. The van der Waals surface area contributed by atoms with Gasteiger partial charge in [0, 0.05) is 26.9 Å². The van der Waals surface area contributed by atoms with E-state index in [4.69, 9.17) is 19.2 Å². The van der Waals surface area contributed by atoms with Crippen molar-refractivity contribution < 1.29 is 19.0 Å². The maximum absolute atomic E-state index is 13.7. The van der Waals surface area contributed by atoms with Crippen LogP contribution in [0, 0.1) is 0 Å². The highest BCUT2D eigenvalue weighted by molar-refractivity contribution is 5.89. The lowest BCUT2D eigenvalue weighted by Crippen LogP contribution is -2.48. The second-order valence-corrected chi connectivity index (χ2v) is 8.22. The number of methoxy groups -OCH3 is 2. The number of para-hydroxylation sites is 2. The van der Waals surface area contributed by atoms with E-state index in [0.29, 0.717) is 39.2 Å². The summed E-state index contributed by atoms with van der Waals surface area (Å²) in [5.41, 5.74) is 2.30. The van der Waals surface area contributed by atoms with Crippen LogP contribution in [0.4, 0.5) is 0 Å². The molecule has 0 unspecified atom stereocenters. The van der Waals surface area contributed by atoms with Gasteiger partial charge in [-0.1, -0.05) is 24.3 Å². The topological polar surface area (TPSA) is 74.6 Å². The van der Waals surface area contributed by atoms with Gasteiger partial charge >= 0.3 is 0 Å². The predicted molar refractivity (Wildman–Crippen MR) is 123 cm³/mol. The van der Waals surface area contributed by atoms with E-state index in [9.17, 15) is 4.79 Å². The average molecular weight is 438 g/mol. The number of carbonyl (C=O) groups excluding carboxylic acids is 1. The maximum atomic E-state index is 13.7. The lowest BCUT2D eigenvalue weighted by atomic mass is 9.73. The van der Waals surface area contributed by atoms with Crippen molar-refractivity contribution in [2.24, 2.45) is 0 Å². The summed E-state index contributed by atoms with van der Waals surface area (Å²) >= 11 is 0. The van der Waals surface area contributed by atoms with E-state index < -0.39 is 5.41 Å². The molecule has 0 aliphatic carbocycles. The number of benzene rings is 2. The van der Waals surface area contributed by atoms with Crippen molar-refractivity contribution in [3.63, 3.8) is 0 Å². The Bertz CT molecular complexity index is 1050. The van der Waals surface area contributed by atoms with Crippen molar-refractivity contribution >= 4 is 16.9 Å². The zero-order chi connectivity index (χ0) is 22.6. The second-order valence-electron chi connectivity index (χ2n) is 8.22. The Hall–Kier alpha value is -2.90. The Labute approximate surface area is 188 Å². The lowest BCUT2D eigenvalue weighted by molar-refractivity contribution is -0.131. The van der Waals surface area contributed by atoms with Gasteiger partial charge in [0.05, 0.1) is 36.2 Å². The van der Waals surface area contributed by atoms with Gasteiger partial charge < -0.3 is 24.1 Å². The third-order valence-corrected chi connectivity index (χ3v) is 6.36. The zero-order valence-corrected chi connectivity index (χ0v) is 19.0. The molecule has 2 aromatic carbocycles. The van der Waals surface area contributed by atoms with E-state index in [-0.39, 0.29) is 11.9 Å². The summed E-state index contributed by atoms with van der Waals surface area (Å²) in [6.07, 6.45) is 1.27. The monoisotopic (exact) mass is 437 g/mol. The molecule has 7 nitrogen and oxygen atoms in total. The standard InChI is InChI=1S/C25H31N3O4/c1-18(23-27-21-6-4-5-7-22(21)28(23)14-17-30-2)26-24(29)25(12-15-32-16-13-25)19-8-10-20(31-3)11-9-19/h4-11,18H,12-17H2,1-3H3,(H,26,29)/t18-/m1/s1. The zero-order valence-electron chi connectivity index (χ0n) is 19.0. The van der Waals surface area contributed by atoms with Gasteiger partial charge in [-0.25, -0.2) is 4.98 Å². The number of hydrogen-bond donors (Lipinski definition) is 1. The fourth-order valence-corrected chi connectivity index (χ4v) is 4.52. The molecule has 7 heteroatoms. The van der Waals surface area contributed by atoms with E-state index in [0.717, 1.165) is 28.2 Å². The summed E-state index contributed by atoms with van der Waals surface area (Å²) in [5, 5.41) is 3.26. The van der Waals surface area contributed by atoms with Crippen LogP contribution in [-0.4, -0.2) is 49.5 Å². The predicted octanol–water partition coefficient (Wildman–Crippen LogP) is 3.62. The van der Waals surface area contributed by atoms with Crippen LogP contribution in [0.2, 0.25) is 0 Å². The van der Waals surface area contributed by atoms with Gasteiger partial charge in [0.15, 0.2) is 0 Å². The maximum Gasteiger partial charge on any atom is 0.231 e. The summed E-state index contributed by atoms with van der Waals surface area (Å²) in [6.45, 7) is 4.34. The number of amides is 1. The Morgan fingerprint density at radius 2 is 1.88 bits per heavy atom. The second kappa shape index (κ2) is 9.71. The van der Waals surface area contributed by atoms with Crippen LogP contribution < -0.4 is 10.1 Å². The molecule has 32 heavy (non-hydrogen) atoms. The first-order valence-corrected chi connectivity index (χ1v) is 11.1. The summed E-state index contributed by atoms with van der Waals surface area (Å²) in [4.78, 5) is 18.6. The molecule has 1 fully saturated rings. The molecule has 3 aromatic rings. The molecule has 0 bridgehead atoms. The molecule has 1 aromatic heterocycles. The van der Waals surface area contributed by atoms with Gasteiger partial charge in [-0.3, -0.25) is 4.79 Å². The number of aromatic nitrogens is 2. The van der Waals surface area contributed by atoms with Crippen LogP contribution in [0.25, 0.3) is 11.0 Å². The molecule has 0 spiro atoms. The van der Waals surface area contributed by atoms with Crippen molar-refractivity contribution in [3.05, 3.63) is 59.9 Å². The Morgan fingerprint density at radius 3 is 2.56 bits per heavy atom. The number of rotatable bonds is 8. The third kappa shape index (κ3) is 4.23. The molecule has 1 aliphatic heterocycles. The van der Waals surface area contributed by atoms with Crippen molar-refractivity contribution in [2.75, 3.05) is 34.0 Å². The number of hydrogen-bond acceptors (Lipinski definition) is 5. The fraction of sp³-hybridized carbons (Fsp3) is 0.440. The first kappa shape index (κ1) is 22.3. The van der Waals surface area contributed by atoms with Gasteiger partial charge in [0.2, 0.25) is 5.91 Å². The van der Waals surface area contributed by atoms with Gasteiger partial charge in [-0.15, -0.1) is 0 Å². The summed E-state index contributed by atoms with van der Waals surface area (Å²) in [6, 6.07) is 15.6. The smallest absolute Gasteiger partial charge is 0.231 e. The van der Waals surface area contributed by atoms with E-state index >= 15 is 0 Å². The average Bonchev–Trinajstić information content (AvgIpc) is 3.22. The van der Waals surface area contributed by atoms with Crippen LogP contribution >= 0.6 is 0 Å². The molecule has 1 aliphatic rings. The minimum Gasteiger partial charge on any atom is -0.497 e. The van der Waals surface area contributed by atoms with Crippen molar-refractivity contribution in [2.45, 2.75) is 37.8 Å². The van der Waals surface area contributed by atoms with Crippen molar-refractivity contribution in [1.82, 2.24) is 14.9 Å². The summed E-state index contributed by atoms with van der Waals surface area (Å²) < 4.78 is 18.3. The van der Waals surface area contributed by atoms with E-state index in [1.54, 1.807) is 14.2 Å². The molecule has 1 N–H and O–H groups in total. The highest BCUT2D eigenvalue weighted by Gasteiger charge is 2.42. The molecule has 2 heterocycles. The molecule has 4 rings (SSSR count). The number of nitrogens with zero attached hydrogens (tertiary/aromatic N) is 2. The Morgan fingerprint density at radius 1 is 1.16 bits per heavy atom. The first-order valence-electron chi connectivity index (χ1n) is 11.1. The number of ether oxygens (including phenoxy) is 3. The van der Waals surface area contributed by atoms with Crippen LogP contribution in [0.3, 0.4) is 0 Å². The summed E-state index contributed by atoms with van der Waals surface area (Å²) in [7, 11) is 3.33. The number of nitrogens with one attached hydrogen (secondary N) is 1. The Kier molecular flexibility index (Phi) is 6.77. The molecule has 0 saturated carbocycles. The number of imidazole rings is 1. The van der Waals surface area contributed by atoms with Gasteiger partial charge in [-0.05, 0) is 49.6 Å². The van der Waals surface area contributed by atoms with E-state index in [1.165, 1.54) is 0 Å². The van der Waals surface area contributed by atoms with Crippen LogP contribution in [-0.2, 0) is 26.2 Å². The summed E-state index contributed by atoms with van der Waals surface area (Å²) in [5.74, 6) is 1.61. The molecular weight excluding hydrogens is 406 g/mol. The SMILES string of the molecule is COCCn1c([C@@H](C)NC(=O)C2(c3ccc(OC)cc3)CCOCC2)nc2ccccc21. The molecule has 1 atom stereocenters. The highest BCUT2D eigenvalue weighted by atomic mass is 16.5. The molecule has 0 radical (unpaired) electrons. The third-order valence-electron chi connectivity index (χ3n) is 6.36. The first-order chi connectivity index (χ1) is 15.6. The van der Waals surface area contributed by atoms with Gasteiger partial charge in [0.1, 0.15) is 11.6 Å². The Balaban J connectivity index is 1.63.